The highest BCUT2D eigenvalue weighted by atomic mass is 19.4. The summed E-state index contributed by atoms with van der Waals surface area (Å²) in [6.45, 7) is 2.35. The summed E-state index contributed by atoms with van der Waals surface area (Å²) in [5.41, 5.74) is 2.96. The molecule has 1 nitrogen and oxygen atoms in total. The van der Waals surface area contributed by atoms with Crippen LogP contribution in [0.4, 0.5) is 13.2 Å². The fourth-order valence-electron chi connectivity index (χ4n) is 4.42. The Bertz CT molecular complexity index is 559. The van der Waals surface area contributed by atoms with Crippen LogP contribution in [-0.2, 0) is 24.2 Å². The highest BCUT2D eigenvalue weighted by molar-refractivity contribution is 5.33. The minimum absolute atomic E-state index is 0.0550. The lowest BCUT2D eigenvalue weighted by Crippen LogP contribution is -2.36. The molecule has 1 aromatic rings. The maximum Gasteiger partial charge on any atom is 0.414 e. The first-order chi connectivity index (χ1) is 12.0. The van der Waals surface area contributed by atoms with Gasteiger partial charge in [0.25, 0.3) is 0 Å². The predicted molar refractivity (Wildman–Crippen MR) is 93.5 cm³/mol. The normalized spacial score (nSPS) is 27.1. The molecule has 25 heavy (non-hydrogen) atoms. The Balaban J connectivity index is 1.50. The molecule has 1 aliphatic heterocycles. The molecule has 0 amide bonds. The summed E-state index contributed by atoms with van der Waals surface area (Å²) in [7, 11) is 0. The Morgan fingerprint density at radius 1 is 1.00 bits per heavy atom. The number of hydrogen-bond acceptors (Lipinski definition) is 1. The molecule has 1 fully saturated rings. The Kier molecular flexibility index (Phi) is 6.08. The molecule has 2 aliphatic rings. The summed E-state index contributed by atoms with van der Waals surface area (Å²) in [4.78, 5) is 0. The van der Waals surface area contributed by atoms with Gasteiger partial charge in [-0.1, -0.05) is 63.6 Å². The number of rotatable bonds is 5. The van der Waals surface area contributed by atoms with E-state index in [0.717, 1.165) is 29.4 Å². The highest BCUT2D eigenvalue weighted by Gasteiger charge is 2.42. The molecule has 140 valence electrons. The van der Waals surface area contributed by atoms with Crippen molar-refractivity contribution in [1.82, 2.24) is 0 Å². The zero-order valence-electron chi connectivity index (χ0n) is 15.1. The molecule has 0 bridgehead atoms. The quantitative estimate of drug-likeness (QED) is 0.609. The van der Waals surface area contributed by atoms with Crippen LogP contribution >= 0.6 is 0 Å². The van der Waals surface area contributed by atoms with E-state index in [9.17, 15) is 13.2 Å². The zero-order valence-corrected chi connectivity index (χ0v) is 15.1. The van der Waals surface area contributed by atoms with Gasteiger partial charge in [0.15, 0.2) is 6.10 Å². The zero-order chi connectivity index (χ0) is 17.9. The number of alkyl halides is 3. The lowest BCUT2D eigenvalue weighted by Gasteiger charge is -2.29. The van der Waals surface area contributed by atoms with Crippen molar-refractivity contribution in [3.05, 3.63) is 34.9 Å². The van der Waals surface area contributed by atoms with Crippen molar-refractivity contribution in [3.63, 3.8) is 0 Å². The largest absolute Gasteiger partial charge is 0.414 e. The van der Waals surface area contributed by atoms with Crippen LogP contribution in [0, 0.1) is 11.8 Å². The van der Waals surface area contributed by atoms with Crippen molar-refractivity contribution < 1.29 is 17.9 Å². The number of benzene rings is 1. The summed E-state index contributed by atoms with van der Waals surface area (Å²) in [5.74, 6) is 1.75. The molecule has 1 unspecified atom stereocenters. The van der Waals surface area contributed by atoms with Gasteiger partial charge in [0.05, 0.1) is 6.61 Å². The van der Waals surface area contributed by atoms with Crippen LogP contribution in [-0.4, -0.2) is 12.3 Å². The summed E-state index contributed by atoms with van der Waals surface area (Å²) in [5, 5.41) is 0. The van der Waals surface area contributed by atoms with Crippen LogP contribution < -0.4 is 0 Å². The van der Waals surface area contributed by atoms with Crippen LogP contribution in [0.1, 0.15) is 68.6 Å². The van der Waals surface area contributed by atoms with Crippen LogP contribution in [0.25, 0.3) is 0 Å². The number of hydrogen-bond donors (Lipinski definition) is 0. The summed E-state index contributed by atoms with van der Waals surface area (Å²) in [6.07, 6.45) is 4.33. The van der Waals surface area contributed by atoms with Gasteiger partial charge in [0.2, 0.25) is 0 Å². The van der Waals surface area contributed by atoms with Crippen molar-refractivity contribution in [2.45, 2.75) is 83.6 Å². The smallest absolute Gasteiger partial charge is 0.364 e. The van der Waals surface area contributed by atoms with E-state index < -0.39 is 12.3 Å². The van der Waals surface area contributed by atoms with Crippen molar-refractivity contribution in [2.75, 3.05) is 0 Å². The summed E-state index contributed by atoms with van der Waals surface area (Å²) in [6, 6.07) is 5.95. The first-order valence-corrected chi connectivity index (χ1v) is 9.74. The van der Waals surface area contributed by atoms with Crippen molar-refractivity contribution in [2.24, 2.45) is 11.8 Å². The molecule has 4 heteroatoms. The molecule has 1 heterocycles. The highest BCUT2D eigenvalue weighted by Crippen LogP contribution is 2.35. The van der Waals surface area contributed by atoms with E-state index in [4.69, 9.17) is 4.74 Å². The SMILES string of the molecule is CCCC1CCC(CCc2ccc3c(c2)COC(C(F)(F)F)C3)CC1. The molecule has 0 saturated heterocycles. The Hall–Kier alpha value is -1.03. The van der Waals surface area contributed by atoms with E-state index >= 15 is 0 Å². The van der Waals surface area contributed by atoms with Crippen molar-refractivity contribution in [3.8, 4) is 0 Å². The minimum atomic E-state index is -4.27. The molecular formula is C21H29F3O. The Morgan fingerprint density at radius 2 is 1.68 bits per heavy atom. The second-order valence-electron chi connectivity index (χ2n) is 7.86. The standard InChI is InChI=1S/C21H29F3O/c1-2-3-15-4-6-16(7-5-15)8-9-17-10-11-18-13-20(21(22,23)24)25-14-19(18)12-17/h10-12,15-16,20H,2-9,13-14H2,1H3. The fraction of sp³-hybridized carbons (Fsp3) is 0.714. The second-order valence-corrected chi connectivity index (χ2v) is 7.86. The summed E-state index contributed by atoms with van der Waals surface area (Å²) < 4.78 is 43.4. The maximum atomic E-state index is 12.8. The van der Waals surface area contributed by atoms with Gasteiger partial charge < -0.3 is 4.74 Å². The third-order valence-corrected chi connectivity index (χ3v) is 5.99. The minimum Gasteiger partial charge on any atom is -0.364 e. The number of fused-ring (bicyclic) bond motifs is 1. The van der Waals surface area contributed by atoms with Crippen LogP contribution in [0.2, 0.25) is 0 Å². The monoisotopic (exact) mass is 354 g/mol. The fourth-order valence-corrected chi connectivity index (χ4v) is 4.42. The molecule has 0 radical (unpaired) electrons. The molecular weight excluding hydrogens is 325 g/mol. The third-order valence-electron chi connectivity index (χ3n) is 5.99. The van der Waals surface area contributed by atoms with E-state index in [0.29, 0.717) is 0 Å². The summed E-state index contributed by atoms with van der Waals surface area (Å²) >= 11 is 0. The topological polar surface area (TPSA) is 9.23 Å². The second kappa shape index (κ2) is 8.11. The van der Waals surface area contributed by atoms with Gasteiger partial charge in [0.1, 0.15) is 0 Å². The van der Waals surface area contributed by atoms with Crippen LogP contribution in [0.15, 0.2) is 18.2 Å². The lowest BCUT2D eigenvalue weighted by molar-refractivity contribution is -0.226. The van der Waals surface area contributed by atoms with Crippen molar-refractivity contribution >= 4 is 0 Å². The molecule has 1 aliphatic carbocycles. The average Bonchev–Trinajstić information content (AvgIpc) is 2.60. The maximum absolute atomic E-state index is 12.8. The van der Waals surface area contributed by atoms with Crippen LogP contribution in [0.5, 0.6) is 0 Å². The number of aryl methyl sites for hydroxylation is 1. The Labute approximate surface area is 149 Å². The van der Waals surface area contributed by atoms with Gasteiger partial charge >= 0.3 is 6.18 Å². The molecule has 1 aromatic carbocycles. The molecule has 3 rings (SSSR count). The first-order valence-electron chi connectivity index (χ1n) is 9.74. The predicted octanol–water partition coefficient (Wildman–Crippen LogP) is 6.23. The molecule has 1 saturated carbocycles. The Morgan fingerprint density at radius 3 is 2.32 bits per heavy atom. The number of ether oxygens (including phenoxy) is 1. The molecule has 1 atom stereocenters. The van der Waals surface area contributed by atoms with E-state index in [2.05, 4.69) is 13.0 Å². The van der Waals surface area contributed by atoms with E-state index in [1.807, 2.05) is 12.1 Å². The lowest BCUT2D eigenvalue weighted by atomic mass is 9.78. The number of halogens is 3. The van der Waals surface area contributed by atoms with Gasteiger partial charge in [-0.15, -0.1) is 0 Å². The molecule has 0 N–H and O–H groups in total. The van der Waals surface area contributed by atoms with E-state index in [1.54, 1.807) is 0 Å². The molecule has 0 spiro atoms. The molecule has 0 aromatic heterocycles. The van der Waals surface area contributed by atoms with Crippen molar-refractivity contribution in [1.29, 1.82) is 0 Å². The third kappa shape index (κ3) is 4.99. The van der Waals surface area contributed by atoms with E-state index in [1.165, 1.54) is 50.5 Å². The van der Waals surface area contributed by atoms with Gasteiger partial charge in [-0.25, -0.2) is 0 Å². The van der Waals surface area contributed by atoms with Gasteiger partial charge in [0, 0.05) is 6.42 Å². The van der Waals surface area contributed by atoms with Crippen LogP contribution in [0.3, 0.4) is 0 Å². The average molecular weight is 354 g/mol. The van der Waals surface area contributed by atoms with Gasteiger partial charge in [-0.05, 0) is 41.4 Å². The van der Waals surface area contributed by atoms with E-state index in [-0.39, 0.29) is 13.0 Å². The van der Waals surface area contributed by atoms with Gasteiger partial charge in [-0.2, -0.15) is 13.2 Å². The van der Waals surface area contributed by atoms with Gasteiger partial charge in [-0.3, -0.25) is 0 Å². The first kappa shape index (κ1) is 18.8.